The Labute approximate surface area is 163 Å². The summed E-state index contributed by atoms with van der Waals surface area (Å²) in [4.78, 5) is 24.2. The van der Waals surface area contributed by atoms with Gasteiger partial charge in [0.05, 0.1) is 29.1 Å². The monoisotopic (exact) mass is 381 g/mol. The molecule has 2 heterocycles. The third kappa shape index (κ3) is 3.95. The van der Waals surface area contributed by atoms with Crippen LogP contribution in [0.5, 0.6) is 5.75 Å². The summed E-state index contributed by atoms with van der Waals surface area (Å²) in [5, 5.41) is 0.737. The maximum absolute atomic E-state index is 13.2. The number of thiazole rings is 1. The second-order valence-corrected chi connectivity index (χ2v) is 7.79. The molecule has 1 aliphatic rings. The molecule has 2 aromatic heterocycles. The standard InChI is InChI=1S/C21H23N3O2S/c1-2-26-17-10-11-18-19(13-17)27-21(23-18)24(14-16-9-5-6-12-22-16)20(25)15-7-3-4-8-15/h5-6,9-13,15H,2-4,7-8,14H2,1H3. The van der Waals surface area contributed by atoms with Gasteiger partial charge >= 0.3 is 0 Å². The van der Waals surface area contributed by atoms with Gasteiger partial charge in [-0.15, -0.1) is 0 Å². The van der Waals surface area contributed by atoms with Crippen LogP contribution in [0, 0.1) is 5.92 Å². The quantitative estimate of drug-likeness (QED) is 0.615. The highest BCUT2D eigenvalue weighted by molar-refractivity contribution is 7.22. The Hall–Kier alpha value is -2.47. The van der Waals surface area contributed by atoms with Crippen LogP contribution in [0.2, 0.25) is 0 Å². The van der Waals surface area contributed by atoms with Crippen molar-refractivity contribution in [2.75, 3.05) is 11.5 Å². The van der Waals surface area contributed by atoms with Crippen molar-refractivity contribution < 1.29 is 9.53 Å². The van der Waals surface area contributed by atoms with Gasteiger partial charge in [0.15, 0.2) is 5.13 Å². The van der Waals surface area contributed by atoms with Crippen LogP contribution in [-0.2, 0) is 11.3 Å². The molecular formula is C21H23N3O2S. The molecule has 1 aromatic carbocycles. The molecule has 0 N–H and O–H groups in total. The van der Waals surface area contributed by atoms with Gasteiger partial charge in [0.2, 0.25) is 5.91 Å². The van der Waals surface area contributed by atoms with E-state index >= 15 is 0 Å². The summed E-state index contributed by atoms with van der Waals surface area (Å²) in [6, 6.07) is 11.7. The third-order valence-corrected chi connectivity index (χ3v) is 5.95. The van der Waals surface area contributed by atoms with E-state index in [2.05, 4.69) is 4.98 Å². The highest BCUT2D eigenvalue weighted by atomic mass is 32.1. The molecule has 1 aliphatic carbocycles. The van der Waals surface area contributed by atoms with Crippen molar-refractivity contribution >= 4 is 32.6 Å². The number of ether oxygens (including phenoxy) is 1. The number of carbonyl (C=O) groups is 1. The van der Waals surface area contributed by atoms with Crippen molar-refractivity contribution in [3.8, 4) is 5.75 Å². The lowest BCUT2D eigenvalue weighted by Crippen LogP contribution is -2.35. The predicted molar refractivity (Wildman–Crippen MR) is 108 cm³/mol. The van der Waals surface area contributed by atoms with Gasteiger partial charge in [0.25, 0.3) is 0 Å². The number of fused-ring (bicyclic) bond motifs is 1. The van der Waals surface area contributed by atoms with E-state index in [0.29, 0.717) is 13.2 Å². The van der Waals surface area contributed by atoms with Crippen molar-refractivity contribution in [3.63, 3.8) is 0 Å². The topological polar surface area (TPSA) is 55.3 Å². The number of amides is 1. The van der Waals surface area contributed by atoms with Crippen LogP contribution in [0.3, 0.4) is 0 Å². The van der Waals surface area contributed by atoms with E-state index in [-0.39, 0.29) is 11.8 Å². The molecule has 1 saturated carbocycles. The second kappa shape index (κ2) is 8.05. The van der Waals surface area contributed by atoms with E-state index in [1.54, 1.807) is 6.20 Å². The minimum Gasteiger partial charge on any atom is -0.494 e. The molecule has 6 heteroatoms. The van der Waals surface area contributed by atoms with Crippen molar-refractivity contribution in [1.29, 1.82) is 0 Å². The largest absolute Gasteiger partial charge is 0.494 e. The van der Waals surface area contributed by atoms with Gasteiger partial charge in [-0.05, 0) is 50.1 Å². The van der Waals surface area contributed by atoms with Crippen LogP contribution < -0.4 is 9.64 Å². The van der Waals surface area contributed by atoms with Gasteiger partial charge in [0.1, 0.15) is 5.75 Å². The highest BCUT2D eigenvalue weighted by Gasteiger charge is 2.30. The minimum absolute atomic E-state index is 0.0970. The molecule has 27 heavy (non-hydrogen) atoms. The molecule has 0 saturated heterocycles. The van der Waals surface area contributed by atoms with E-state index in [1.807, 2.05) is 48.2 Å². The summed E-state index contributed by atoms with van der Waals surface area (Å²) in [6.07, 6.45) is 5.96. The second-order valence-electron chi connectivity index (χ2n) is 6.79. The number of carbonyl (C=O) groups excluding carboxylic acids is 1. The van der Waals surface area contributed by atoms with E-state index in [9.17, 15) is 4.79 Å². The normalized spacial score (nSPS) is 14.6. The molecule has 1 fully saturated rings. The molecular weight excluding hydrogens is 358 g/mol. The average molecular weight is 382 g/mol. The van der Waals surface area contributed by atoms with E-state index in [4.69, 9.17) is 9.72 Å². The molecule has 1 amide bonds. The average Bonchev–Trinajstić information content (AvgIpc) is 3.36. The van der Waals surface area contributed by atoms with Crippen LogP contribution in [-0.4, -0.2) is 22.5 Å². The Kier molecular flexibility index (Phi) is 5.34. The van der Waals surface area contributed by atoms with Gasteiger partial charge in [-0.2, -0.15) is 0 Å². The number of pyridine rings is 1. The molecule has 0 spiro atoms. The lowest BCUT2D eigenvalue weighted by Gasteiger charge is -2.22. The SMILES string of the molecule is CCOc1ccc2nc(N(Cc3ccccn3)C(=O)C3CCCC3)sc2c1. The fraction of sp³-hybridized carbons (Fsp3) is 0.381. The summed E-state index contributed by atoms with van der Waals surface area (Å²) in [7, 11) is 0. The zero-order valence-electron chi connectivity index (χ0n) is 15.4. The molecule has 0 atom stereocenters. The Morgan fingerprint density at radius 1 is 1.26 bits per heavy atom. The van der Waals surface area contributed by atoms with Crippen molar-refractivity contribution in [2.45, 2.75) is 39.2 Å². The molecule has 0 bridgehead atoms. The number of rotatable bonds is 6. The minimum atomic E-state index is 0.0970. The van der Waals surface area contributed by atoms with Crippen LogP contribution in [0.25, 0.3) is 10.2 Å². The van der Waals surface area contributed by atoms with Crippen LogP contribution in [0.15, 0.2) is 42.6 Å². The van der Waals surface area contributed by atoms with Crippen LogP contribution >= 0.6 is 11.3 Å². The van der Waals surface area contributed by atoms with Gasteiger partial charge in [0, 0.05) is 12.1 Å². The highest BCUT2D eigenvalue weighted by Crippen LogP contribution is 2.35. The summed E-state index contributed by atoms with van der Waals surface area (Å²) >= 11 is 1.54. The van der Waals surface area contributed by atoms with Crippen molar-refractivity contribution in [2.24, 2.45) is 5.92 Å². The maximum atomic E-state index is 13.2. The molecule has 0 unspecified atom stereocenters. The molecule has 0 aliphatic heterocycles. The van der Waals surface area contributed by atoms with Crippen LogP contribution in [0.4, 0.5) is 5.13 Å². The fourth-order valence-corrected chi connectivity index (χ4v) is 4.55. The first-order chi connectivity index (χ1) is 13.2. The third-order valence-electron chi connectivity index (χ3n) is 4.91. The smallest absolute Gasteiger partial charge is 0.232 e. The summed E-state index contributed by atoms with van der Waals surface area (Å²) in [6.45, 7) is 3.05. The number of aromatic nitrogens is 2. The Morgan fingerprint density at radius 3 is 2.85 bits per heavy atom. The first-order valence-corrected chi connectivity index (χ1v) is 10.3. The zero-order chi connectivity index (χ0) is 18.6. The maximum Gasteiger partial charge on any atom is 0.232 e. The number of benzene rings is 1. The summed E-state index contributed by atoms with van der Waals surface area (Å²) in [5.74, 6) is 1.10. The first-order valence-electron chi connectivity index (χ1n) is 9.49. The molecule has 140 valence electrons. The number of hydrogen-bond donors (Lipinski definition) is 0. The first kappa shape index (κ1) is 17.9. The van der Waals surface area contributed by atoms with Gasteiger partial charge in [-0.3, -0.25) is 14.7 Å². The van der Waals surface area contributed by atoms with E-state index < -0.39 is 0 Å². The Morgan fingerprint density at radius 2 is 2.11 bits per heavy atom. The number of anilines is 1. The zero-order valence-corrected chi connectivity index (χ0v) is 16.2. The molecule has 4 rings (SSSR count). The molecule has 0 radical (unpaired) electrons. The lowest BCUT2D eigenvalue weighted by atomic mass is 10.1. The number of nitrogens with zero attached hydrogens (tertiary/aromatic N) is 3. The van der Waals surface area contributed by atoms with Gasteiger partial charge < -0.3 is 4.74 Å². The van der Waals surface area contributed by atoms with E-state index in [1.165, 1.54) is 11.3 Å². The predicted octanol–water partition coefficient (Wildman–Crippen LogP) is 4.81. The summed E-state index contributed by atoms with van der Waals surface area (Å²) in [5.41, 5.74) is 1.77. The lowest BCUT2D eigenvalue weighted by molar-refractivity contribution is -0.122. The Balaban J connectivity index is 1.68. The molecule has 3 aromatic rings. The Bertz CT molecular complexity index is 920. The van der Waals surface area contributed by atoms with E-state index in [0.717, 1.165) is 52.5 Å². The van der Waals surface area contributed by atoms with Gasteiger partial charge in [-0.1, -0.05) is 30.2 Å². The van der Waals surface area contributed by atoms with Crippen molar-refractivity contribution in [1.82, 2.24) is 9.97 Å². The number of hydrogen-bond acceptors (Lipinski definition) is 5. The van der Waals surface area contributed by atoms with Gasteiger partial charge in [-0.25, -0.2) is 4.98 Å². The fourth-order valence-electron chi connectivity index (χ4n) is 3.55. The van der Waals surface area contributed by atoms with Crippen LogP contribution in [0.1, 0.15) is 38.3 Å². The summed E-state index contributed by atoms with van der Waals surface area (Å²) < 4.78 is 6.63. The molecule has 5 nitrogen and oxygen atoms in total. The van der Waals surface area contributed by atoms with Crippen molar-refractivity contribution in [3.05, 3.63) is 48.3 Å².